The van der Waals surface area contributed by atoms with Gasteiger partial charge in [-0.25, -0.2) is 9.97 Å². The van der Waals surface area contributed by atoms with E-state index in [0.29, 0.717) is 5.92 Å². The van der Waals surface area contributed by atoms with Crippen molar-refractivity contribution in [1.82, 2.24) is 9.97 Å². The van der Waals surface area contributed by atoms with Gasteiger partial charge in [-0.15, -0.1) is 0 Å². The number of halogens is 1. The Morgan fingerprint density at radius 2 is 1.88 bits per heavy atom. The van der Waals surface area contributed by atoms with Gasteiger partial charge in [-0.2, -0.15) is 0 Å². The normalized spacial score (nSPS) is 21.9. The fourth-order valence-electron chi connectivity index (χ4n) is 2.35. The lowest BCUT2D eigenvalue weighted by Crippen LogP contribution is -2.33. The van der Waals surface area contributed by atoms with Crippen LogP contribution in [0, 0.1) is 5.92 Å². The Balaban J connectivity index is 1.81. The van der Waals surface area contributed by atoms with E-state index in [0.717, 1.165) is 35.3 Å². The Hall–Kier alpha value is -0.640. The molecule has 92 valence electrons. The van der Waals surface area contributed by atoms with Gasteiger partial charge in [-0.3, -0.25) is 0 Å². The zero-order valence-electron chi connectivity index (χ0n) is 10.2. The van der Waals surface area contributed by atoms with Crippen molar-refractivity contribution in [3.8, 4) is 0 Å². The highest BCUT2D eigenvalue weighted by molar-refractivity contribution is 9.10. The third kappa shape index (κ3) is 2.62. The molecule has 17 heavy (non-hydrogen) atoms. The summed E-state index contributed by atoms with van der Waals surface area (Å²) in [7, 11) is 0. The van der Waals surface area contributed by atoms with Gasteiger partial charge in [0.2, 0.25) is 0 Å². The highest BCUT2D eigenvalue weighted by Crippen LogP contribution is 2.39. The van der Waals surface area contributed by atoms with Crippen molar-refractivity contribution in [2.45, 2.75) is 38.5 Å². The maximum atomic E-state index is 4.73. The predicted molar refractivity (Wildman–Crippen MR) is 72.3 cm³/mol. The molecule has 0 radical (unpaired) electrons. The molecule has 0 atom stereocenters. The highest BCUT2D eigenvalue weighted by Gasteiger charge is 2.28. The van der Waals surface area contributed by atoms with Crippen LogP contribution in [0.25, 0.3) is 0 Å². The summed E-state index contributed by atoms with van der Waals surface area (Å²) in [6.45, 7) is 4.60. The quantitative estimate of drug-likeness (QED) is 0.784. The zero-order valence-corrected chi connectivity index (χ0v) is 11.8. The fraction of sp³-hybridized carbons (Fsp3) is 0.692. The van der Waals surface area contributed by atoms with Gasteiger partial charge in [0, 0.05) is 25.1 Å². The van der Waals surface area contributed by atoms with E-state index in [-0.39, 0.29) is 0 Å². The van der Waals surface area contributed by atoms with Gasteiger partial charge < -0.3 is 4.90 Å². The van der Waals surface area contributed by atoms with Crippen LogP contribution in [-0.4, -0.2) is 23.1 Å². The minimum Gasteiger partial charge on any atom is -0.356 e. The van der Waals surface area contributed by atoms with Crippen LogP contribution < -0.4 is 4.90 Å². The summed E-state index contributed by atoms with van der Waals surface area (Å²) in [5, 5.41) is 0. The van der Waals surface area contributed by atoms with Gasteiger partial charge >= 0.3 is 0 Å². The predicted octanol–water partition coefficient (Wildman–Crippen LogP) is 3.35. The maximum Gasteiger partial charge on any atom is 0.135 e. The van der Waals surface area contributed by atoms with Crippen molar-refractivity contribution in [3.63, 3.8) is 0 Å². The number of piperidine rings is 1. The lowest BCUT2D eigenvalue weighted by molar-refractivity contribution is 0.436. The average Bonchev–Trinajstić information content (AvgIpc) is 3.13. The molecule has 0 N–H and O–H groups in total. The summed E-state index contributed by atoms with van der Waals surface area (Å²) in [5.74, 6) is 3.63. The summed E-state index contributed by atoms with van der Waals surface area (Å²) in [6.07, 6.45) is 5.07. The largest absolute Gasteiger partial charge is 0.356 e. The van der Waals surface area contributed by atoms with Crippen LogP contribution in [-0.2, 0) is 0 Å². The Kier molecular flexibility index (Phi) is 3.07. The molecule has 2 aliphatic rings. The summed E-state index contributed by atoms with van der Waals surface area (Å²) in [6, 6.07) is 2.06. The van der Waals surface area contributed by atoms with Crippen LogP contribution in [0.1, 0.15) is 44.3 Å². The standard InChI is InChI=1S/C13H18BrN3/c1-9-4-6-17(7-5-9)12-8-11(14)15-13(16-12)10-2-3-10/h8-10H,2-7H2,1H3. The third-order valence-electron chi connectivity index (χ3n) is 3.75. The second kappa shape index (κ2) is 4.56. The van der Waals surface area contributed by atoms with Gasteiger partial charge in [0.05, 0.1) is 0 Å². The number of hydrogen-bond donors (Lipinski definition) is 0. The molecule has 1 aliphatic carbocycles. The van der Waals surface area contributed by atoms with Crippen LogP contribution in [0.15, 0.2) is 10.7 Å². The van der Waals surface area contributed by atoms with E-state index in [4.69, 9.17) is 4.98 Å². The minimum absolute atomic E-state index is 0.620. The van der Waals surface area contributed by atoms with Gasteiger partial charge in [0.15, 0.2) is 0 Å². The van der Waals surface area contributed by atoms with Crippen LogP contribution >= 0.6 is 15.9 Å². The van der Waals surface area contributed by atoms with Gasteiger partial charge in [0.1, 0.15) is 16.2 Å². The first-order chi connectivity index (χ1) is 8.22. The molecule has 0 aromatic carbocycles. The maximum absolute atomic E-state index is 4.73. The SMILES string of the molecule is CC1CCN(c2cc(Br)nc(C3CC3)n2)CC1. The number of hydrogen-bond acceptors (Lipinski definition) is 3. The molecule has 2 heterocycles. The molecule has 0 amide bonds. The topological polar surface area (TPSA) is 29.0 Å². The number of aromatic nitrogens is 2. The van der Waals surface area contributed by atoms with Crippen LogP contribution in [0.3, 0.4) is 0 Å². The second-order valence-electron chi connectivity index (χ2n) is 5.35. The molecule has 0 unspecified atom stereocenters. The van der Waals surface area contributed by atoms with Crippen molar-refractivity contribution in [1.29, 1.82) is 0 Å². The van der Waals surface area contributed by atoms with Crippen molar-refractivity contribution in [3.05, 3.63) is 16.5 Å². The van der Waals surface area contributed by atoms with Crippen molar-refractivity contribution in [2.24, 2.45) is 5.92 Å². The number of anilines is 1. The van der Waals surface area contributed by atoms with E-state index in [2.05, 4.69) is 38.8 Å². The number of rotatable bonds is 2. The zero-order chi connectivity index (χ0) is 11.8. The van der Waals surface area contributed by atoms with E-state index in [1.807, 2.05) is 0 Å². The molecule has 1 aromatic rings. The molecule has 1 saturated carbocycles. The molecule has 0 bridgehead atoms. The molecule has 3 nitrogen and oxygen atoms in total. The Bertz CT molecular complexity index is 409. The molecular formula is C13H18BrN3. The molecule has 3 rings (SSSR count). The van der Waals surface area contributed by atoms with Crippen molar-refractivity contribution < 1.29 is 0 Å². The Morgan fingerprint density at radius 1 is 1.18 bits per heavy atom. The molecule has 1 saturated heterocycles. The van der Waals surface area contributed by atoms with Crippen molar-refractivity contribution in [2.75, 3.05) is 18.0 Å². The Morgan fingerprint density at radius 3 is 2.53 bits per heavy atom. The average molecular weight is 296 g/mol. The molecular weight excluding hydrogens is 278 g/mol. The van der Waals surface area contributed by atoms with E-state index in [1.165, 1.54) is 25.7 Å². The van der Waals surface area contributed by atoms with E-state index in [1.54, 1.807) is 0 Å². The lowest BCUT2D eigenvalue weighted by Gasteiger charge is -2.31. The van der Waals surface area contributed by atoms with Gasteiger partial charge in [-0.1, -0.05) is 6.92 Å². The van der Waals surface area contributed by atoms with Gasteiger partial charge in [0.25, 0.3) is 0 Å². The van der Waals surface area contributed by atoms with Crippen LogP contribution in [0.5, 0.6) is 0 Å². The summed E-state index contributed by atoms with van der Waals surface area (Å²) in [4.78, 5) is 11.6. The van der Waals surface area contributed by atoms with Gasteiger partial charge in [-0.05, 0) is 47.5 Å². The molecule has 1 aliphatic heterocycles. The van der Waals surface area contributed by atoms with Crippen molar-refractivity contribution >= 4 is 21.7 Å². The summed E-state index contributed by atoms with van der Waals surface area (Å²) in [5.41, 5.74) is 0. The third-order valence-corrected chi connectivity index (χ3v) is 4.16. The molecule has 0 spiro atoms. The van der Waals surface area contributed by atoms with Crippen LogP contribution in [0.2, 0.25) is 0 Å². The van der Waals surface area contributed by atoms with E-state index in [9.17, 15) is 0 Å². The first-order valence-electron chi connectivity index (χ1n) is 6.52. The lowest BCUT2D eigenvalue weighted by atomic mass is 9.99. The Labute approximate surface area is 111 Å². The first-order valence-corrected chi connectivity index (χ1v) is 7.31. The number of nitrogens with zero attached hydrogens (tertiary/aromatic N) is 3. The molecule has 2 fully saturated rings. The minimum atomic E-state index is 0.620. The summed E-state index contributed by atoms with van der Waals surface area (Å²) < 4.78 is 0.933. The first kappa shape index (κ1) is 11.5. The summed E-state index contributed by atoms with van der Waals surface area (Å²) >= 11 is 3.51. The van der Waals surface area contributed by atoms with Crippen LogP contribution in [0.4, 0.5) is 5.82 Å². The van der Waals surface area contributed by atoms with E-state index < -0.39 is 0 Å². The molecule has 4 heteroatoms. The monoisotopic (exact) mass is 295 g/mol. The smallest absolute Gasteiger partial charge is 0.135 e. The second-order valence-corrected chi connectivity index (χ2v) is 6.16. The fourth-order valence-corrected chi connectivity index (χ4v) is 2.73. The highest BCUT2D eigenvalue weighted by atomic mass is 79.9. The van der Waals surface area contributed by atoms with E-state index >= 15 is 0 Å². The molecule has 1 aromatic heterocycles.